The molecular weight excluding hydrogens is 355 g/mol. The fourth-order valence-electron chi connectivity index (χ4n) is 2.80. The maximum Gasteiger partial charge on any atom is 0.288 e. The van der Waals surface area contributed by atoms with Crippen LogP contribution in [0.15, 0.2) is 35.1 Å². The molecule has 138 valence electrons. The van der Waals surface area contributed by atoms with Gasteiger partial charge in [0.05, 0.1) is 11.4 Å². The van der Waals surface area contributed by atoms with Crippen molar-refractivity contribution in [2.75, 3.05) is 36.8 Å². The predicted molar refractivity (Wildman–Crippen MR) is 101 cm³/mol. The largest absolute Gasteiger partial charge is 0.339 e. The fourth-order valence-corrected chi connectivity index (χ4v) is 3.68. The lowest BCUT2D eigenvalue weighted by Crippen LogP contribution is -2.50. The van der Waals surface area contributed by atoms with Crippen molar-refractivity contribution in [3.63, 3.8) is 0 Å². The molecule has 0 aliphatic carbocycles. The molecule has 1 aliphatic rings. The molecule has 6 nitrogen and oxygen atoms in total. The van der Waals surface area contributed by atoms with Gasteiger partial charge in [0, 0.05) is 31.9 Å². The molecule has 0 saturated carbocycles. The maximum atomic E-state index is 13.4. The van der Waals surface area contributed by atoms with E-state index in [0.717, 1.165) is 5.75 Å². The van der Waals surface area contributed by atoms with Crippen LogP contribution in [0.25, 0.3) is 0 Å². The highest BCUT2D eigenvalue weighted by molar-refractivity contribution is 7.99. The molecule has 26 heavy (non-hydrogen) atoms. The number of nitrogens with zero attached hydrogens (tertiary/aromatic N) is 3. The molecule has 0 unspecified atom stereocenters. The molecule has 1 aromatic heterocycles. The van der Waals surface area contributed by atoms with E-state index in [1.54, 1.807) is 11.8 Å². The summed E-state index contributed by atoms with van der Waals surface area (Å²) < 4.78 is 13.4. The normalized spacial score (nSPS) is 14.5. The number of nitrogens with one attached hydrogen (secondary N) is 1. The maximum absolute atomic E-state index is 13.4. The number of carbonyl (C=O) groups excluding carboxylic acids is 1. The lowest BCUT2D eigenvalue weighted by molar-refractivity contribution is -0.128. The van der Waals surface area contributed by atoms with Gasteiger partial charge in [-0.05, 0) is 12.5 Å². The Morgan fingerprint density at radius 3 is 2.58 bits per heavy atom. The summed E-state index contributed by atoms with van der Waals surface area (Å²) in [6, 6.07) is 10.1. The minimum Gasteiger partial charge on any atom is -0.339 e. The molecular formula is C18H21FN4O2S. The molecule has 0 atom stereocenters. The zero-order valence-corrected chi connectivity index (χ0v) is 15.4. The number of H-pyrrole nitrogens is 1. The number of thioether (sulfide) groups is 1. The number of benzene rings is 1. The summed E-state index contributed by atoms with van der Waals surface area (Å²) in [5, 5.41) is 0. The second kappa shape index (κ2) is 8.35. The number of aromatic nitrogens is 2. The van der Waals surface area contributed by atoms with Crippen molar-refractivity contribution in [2.45, 2.75) is 12.7 Å². The summed E-state index contributed by atoms with van der Waals surface area (Å²) in [5.41, 5.74) is 0.528. The van der Waals surface area contributed by atoms with Crippen LogP contribution in [-0.4, -0.2) is 52.7 Å². The first-order chi connectivity index (χ1) is 12.5. The van der Waals surface area contributed by atoms with E-state index in [0.29, 0.717) is 37.9 Å². The van der Waals surface area contributed by atoms with Crippen molar-refractivity contribution in [1.29, 1.82) is 0 Å². The first-order valence-electron chi connectivity index (χ1n) is 8.45. The molecule has 1 aromatic carbocycles. The van der Waals surface area contributed by atoms with Crippen LogP contribution in [0.2, 0.25) is 0 Å². The third-order valence-corrected chi connectivity index (χ3v) is 5.27. The summed E-state index contributed by atoms with van der Waals surface area (Å²) in [5.74, 6) is 0.881. The Hall–Kier alpha value is -2.35. The molecule has 1 saturated heterocycles. The number of aromatic amines is 1. The summed E-state index contributed by atoms with van der Waals surface area (Å²) in [6.07, 6.45) is 0. The summed E-state index contributed by atoms with van der Waals surface area (Å²) in [7, 11) is 0. The number of halogens is 1. The van der Waals surface area contributed by atoms with Crippen molar-refractivity contribution in [3.8, 4) is 0 Å². The van der Waals surface area contributed by atoms with Crippen LogP contribution in [0.3, 0.4) is 0 Å². The third kappa shape index (κ3) is 4.43. The van der Waals surface area contributed by atoms with E-state index < -0.39 is 11.4 Å². The summed E-state index contributed by atoms with van der Waals surface area (Å²) >= 11 is 1.60. The van der Waals surface area contributed by atoms with Crippen LogP contribution in [0.5, 0.6) is 0 Å². The van der Waals surface area contributed by atoms with Crippen LogP contribution < -0.4 is 10.5 Å². The number of amides is 1. The first kappa shape index (κ1) is 18.4. The van der Waals surface area contributed by atoms with E-state index in [9.17, 15) is 14.0 Å². The Morgan fingerprint density at radius 2 is 1.92 bits per heavy atom. The van der Waals surface area contributed by atoms with Crippen molar-refractivity contribution >= 4 is 23.6 Å². The number of piperazine rings is 1. The fraction of sp³-hybridized carbons (Fsp3) is 0.389. The van der Waals surface area contributed by atoms with Gasteiger partial charge in [-0.1, -0.05) is 30.3 Å². The second-order valence-corrected chi connectivity index (χ2v) is 7.12. The molecule has 1 aliphatic heterocycles. The monoisotopic (exact) mass is 376 g/mol. The van der Waals surface area contributed by atoms with Crippen LogP contribution >= 0.6 is 11.8 Å². The van der Waals surface area contributed by atoms with Gasteiger partial charge >= 0.3 is 0 Å². The molecule has 1 fully saturated rings. The van der Waals surface area contributed by atoms with Crippen molar-refractivity contribution in [2.24, 2.45) is 0 Å². The molecule has 0 radical (unpaired) electrons. The van der Waals surface area contributed by atoms with Gasteiger partial charge in [-0.2, -0.15) is 4.39 Å². The van der Waals surface area contributed by atoms with E-state index in [-0.39, 0.29) is 11.6 Å². The number of hydrogen-bond donors (Lipinski definition) is 1. The molecule has 2 aromatic rings. The quantitative estimate of drug-likeness (QED) is 0.862. The molecule has 1 N–H and O–H groups in total. The Kier molecular flexibility index (Phi) is 5.92. The number of aryl methyl sites for hydroxylation is 1. The van der Waals surface area contributed by atoms with Gasteiger partial charge in [0.25, 0.3) is 5.56 Å². The van der Waals surface area contributed by atoms with E-state index in [4.69, 9.17) is 0 Å². The average molecular weight is 376 g/mol. The lowest BCUT2D eigenvalue weighted by atomic mass is 10.2. The van der Waals surface area contributed by atoms with Gasteiger partial charge in [-0.3, -0.25) is 14.6 Å². The van der Waals surface area contributed by atoms with Crippen LogP contribution in [-0.2, 0) is 10.5 Å². The molecule has 0 bridgehead atoms. The third-order valence-electron chi connectivity index (χ3n) is 4.28. The van der Waals surface area contributed by atoms with E-state index in [1.165, 1.54) is 12.5 Å². The lowest BCUT2D eigenvalue weighted by Gasteiger charge is -2.35. The molecule has 8 heteroatoms. The Bertz CT molecular complexity index is 820. The number of rotatable bonds is 5. The minimum atomic E-state index is -0.849. The van der Waals surface area contributed by atoms with E-state index in [1.807, 2.05) is 28.0 Å². The Morgan fingerprint density at radius 1 is 1.23 bits per heavy atom. The zero-order valence-electron chi connectivity index (χ0n) is 14.6. The predicted octanol–water partition coefficient (Wildman–Crippen LogP) is 1.80. The number of hydrogen-bond acceptors (Lipinski definition) is 5. The minimum absolute atomic E-state index is 0.0829. The van der Waals surface area contributed by atoms with Crippen LogP contribution in [0.4, 0.5) is 10.3 Å². The van der Waals surface area contributed by atoms with Crippen molar-refractivity contribution < 1.29 is 9.18 Å². The van der Waals surface area contributed by atoms with E-state index >= 15 is 0 Å². The molecule has 0 spiro atoms. The smallest absolute Gasteiger partial charge is 0.288 e. The standard InChI is InChI=1S/C18H21FN4O2S/c1-13-16(19)17(25)21-18(20-13)23-9-7-22(8-10-23)15(24)12-26-11-14-5-3-2-4-6-14/h2-6H,7-12H2,1H3,(H,20,21,25). The second-order valence-electron chi connectivity index (χ2n) is 6.14. The van der Waals surface area contributed by atoms with Gasteiger partial charge in [0.1, 0.15) is 0 Å². The van der Waals surface area contributed by atoms with Gasteiger partial charge in [0.2, 0.25) is 17.7 Å². The summed E-state index contributed by atoms with van der Waals surface area (Å²) in [6.45, 7) is 3.71. The number of anilines is 1. The topological polar surface area (TPSA) is 69.3 Å². The van der Waals surface area contributed by atoms with Crippen molar-refractivity contribution in [1.82, 2.24) is 14.9 Å². The first-order valence-corrected chi connectivity index (χ1v) is 9.61. The SMILES string of the molecule is Cc1nc(N2CCN(C(=O)CSCc3ccccc3)CC2)[nH]c(=O)c1F. The van der Waals surface area contributed by atoms with Gasteiger partial charge in [-0.25, -0.2) is 4.98 Å². The highest BCUT2D eigenvalue weighted by Crippen LogP contribution is 2.15. The van der Waals surface area contributed by atoms with Crippen LogP contribution in [0, 0.1) is 12.7 Å². The Balaban J connectivity index is 1.48. The molecule has 1 amide bonds. The number of carbonyl (C=O) groups is 1. The average Bonchev–Trinajstić information content (AvgIpc) is 2.66. The molecule has 2 heterocycles. The highest BCUT2D eigenvalue weighted by atomic mass is 32.2. The van der Waals surface area contributed by atoms with Crippen molar-refractivity contribution in [3.05, 3.63) is 57.8 Å². The van der Waals surface area contributed by atoms with Crippen LogP contribution in [0.1, 0.15) is 11.3 Å². The van der Waals surface area contributed by atoms with E-state index in [2.05, 4.69) is 22.1 Å². The van der Waals surface area contributed by atoms with Gasteiger partial charge in [0.15, 0.2) is 0 Å². The van der Waals surface area contributed by atoms with Gasteiger partial charge in [-0.15, -0.1) is 11.8 Å². The van der Waals surface area contributed by atoms with Gasteiger partial charge < -0.3 is 9.80 Å². The summed E-state index contributed by atoms with van der Waals surface area (Å²) in [4.78, 5) is 34.1. The Labute approximate surface area is 155 Å². The highest BCUT2D eigenvalue weighted by Gasteiger charge is 2.23. The molecule has 3 rings (SSSR count). The zero-order chi connectivity index (χ0) is 18.5.